The number of fused-ring (bicyclic) bond motifs is 1. The number of imidazole rings is 1. The van der Waals surface area contributed by atoms with Crippen LogP contribution in [0.15, 0.2) is 72.1 Å². The second-order valence-electron chi connectivity index (χ2n) is 5.14. The summed E-state index contributed by atoms with van der Waals surface area (Å²) in [5.41, 5.74) is 4.20. The van der Waals surface area contributed by atoms with E-state index in [1.54, 1.807) is 18.0 Å². The summed E-state index contributed by atoms with van der Waals surface area (Å²) >= 11 is 1.70. The molecule has 0 radical (unpaired) electrons. The molecule has 0 fully saturated rings. The molecule has 0 spiro atoms. The van der Waals surface area contributed by atoms with E-state index in [4.69, 9.17) is 0 Å². The minimum absolute atomic E-state index is 0.850. The monoisotopic (exact) mass is 318 g/mol. The average molecular weight is 318 g/mol. The molecule has 0 aliphatic heterocycles. The Bertz CT molecular complexity index is 884. The molecular weight excluding hydrogens is 304 g/mol. The first-order chi connectivity index (χ1) is 11.4. The topological polar surface area (TPSA) is 54.5 Å². The number of rotatable bonds is 4. The van der Waals surface area contributed by atoms with Crippen LogP contribution < -0.4 is 0 Å². The van der Waals surface area contributed by atoms with Gasteiger partial charge in [0.15, 0.2) is 0 Å². The Morgan fingerprint density at radius 2 is 1.91 bits per heavy atom. The maximum Gasteiger partial charge on any atom is 0.140 e. The van der Waals surface area contributed by atoms with Crippen LogP contribution in [0, 0.1) is 0 Å². The molecule has 0 aliphatic rings. The highest BCUT2D eigenvalue weighted by Crippen LogP contribution is 2.24. The van der Waals surface area contributed by atoms with E-state index >= 15 is 0 Å². The van der Waals surface area contributed by atoms with Crippen LogP contribution in [0.5, 0.6) is 0 Å². The van der Waals surface area contributed by atoms with Crippen molar-refractivity contribution >= 4 is 22.8 Å². The number of hydrogen-bond donors (Lipinski definition) is 1. The molecule has 3 heterocycles. The predicted molar refractivity (Wildman–Crippen MR) is 93.1 cm³/mol. The van der Waals surface area contributed by atoms with Gasteiger partial charge in [-0.1, -0.05) is 18.2 Å². The Balaban J connectivity index is 1.51. The number of nitrogens with one attached hydrogen (secondary N) is 1. The van der Waals surface area contributed by atoms with Crippen molar-refractivity contribution in [3.63, 3.8) is 0 Å². The van der Waals surface area contributed by atoms with Crippen LogP contribution in [0.1, 0.15) is 5.56 Å². The van der Waals surface area contributed by atoms with Crippen LogP contribution in [-0.4, -0.2) is 19.9 Å². The Kier molecular flexibility index (Phi) is 3.78. The molecule has 0 aliphatic carbocycles. The second kappa shape index (κ2) is 6.22. The van der Waals surface area contributed by atoms with Crippen molar-refractivity contribution in [3.8, 4) is 11.4 Å². The standard InChI is InChI=1S/C18H14N4S/c1-2-6-16-15(5-1)21-18(22-16)14-7-8-17(20-11-14)23-12-13-4-3-9-19-10-13/h1-11H,12H2,(H,21,22). The first kappa shape index (κ1) is 14.0. The number of aromatic amines is 1. The van der Waals surface area contributed by atoms with Crippen molar-refractivity contribution in [2.45, 2.75) is 10.8 Å². The van der Waals surface area contributed by atoms with Gasteiger partial charge >= 0.3 is 0 Å². The van der Waals surface area contributed by atoms with Crippen molar-refractivity contribution in [3.05, 3.63) is 72.7 Å². The molecule has 1 N–H and O–H groups in total. The molecule has 112 valence electrons. The normalized spacial score (nSPS) is 11.0. The molecule has 3 aromatic heterocycles. The van der Waals surface area contributed by atoms with Gasteiger partial charge in [0.05, 0.1) is 16.1 Å². The van der Waals surface area contributed by atoms with Gasteiger partial charge in [0.25, 0.3) is 0 Å². The van der Waals surface area contributed by atoms with Gasteiger partial charge in [0.2, 0.25) is 0 Å². The molecular formula is C18H14N4S. The Morgan fingerprint density at radius 3 is 2.70 bits per heavy atom. The number of hydrogen-bond acceptors (Lipinski definition) is 4. The molecule has 23 heavy (non-hydrogen) atoms. The Hall–Kier alpha value is -2.66. The largest absolute Gasteiger partial charge is 0.338 e. The van der Waals surface area contributed by atoms with Crippen molar-refractivity contribution < 1.29 is 0 Å². The Morgan fingerprint density at radius 1 is 0.957 bits per heavy atom. The summed E-state index contributed by atoms with van der Waals surface area (Å²) in [5.74, 6) is 1.72. The third-order valence-electron chi connectivity index (χ3n) is 3.51. The number of aromatic nitrogens is 4. The number of pyridine rings is 2. The van der Waals surface area contributed by atoms with Gasteiger partial charge in [-0.2, -0.15) is 0 Å². The van der Waals surface area contributed by atoms with Crippen LogP contribution in [-0.2, 0) is 5.75 Å². The summed E-state index contributed by atoms with van der Waals surface area (Å²) in [6.45, 7) is 0. The summed E-state index contributed by atoms with van der Waals surface area (Å²) in [7, 11) is 0. The zero-order valence-corrected chi connectivity index (χ0v) is 13.1. The van der Waals surface area contributed by atoms with Gasteiger partial charge in [0.1, 0.15) is 5.82 Å². The fourth-order valence-corrected chi connectivity index (χ4v) is 3.11. The average Bonchev–Trinajstić information content (AvgIpc) is 3.05. The molecule has 4 rings (SSSR count). The molecule has 0 saturated carbocycles. The van der Waals surface area contributed by atoms with E-state index in [0.29, 0.717) is 0 Å². The SMILES string of the molecule is c1cncc(CSc2ccc(-c3nc4ccccc4[nH]3)cn2)c1. The molecule has 4 nitrogen and oxygen atoms in total. The van der Waals surface area contributed by atoms with Crippen LogP contribution >= 0.6 is 11.8 Å². The molecule has 0 unspecified atom stereocenters. The van der Waals surface area contributed by atoms with Crippen molar-refractivity contribution in [2.75, 3.05) is 0 Å². The quantitative estimate of drug-likeness (QED) is 0.570. The fraction of sp³-hybridized carbons (Fsp3) is 0.0556. The van der Waals surface area contributed by atoms with E-state index in [-0.39, 0.29) is 0 Å². The van der Waals surface area contributed by atoms with Crippen LogP contribution in [0.3, 0.4) is 0 Å². The smallest absolute Gasteiger partial charge is 0.140 e. The minimum Gasteiger partial charge on any atom is -0.338 e. The summed E-state index contributed by atoms with van der Waals surface area (Å²) in [6.07, 6.45) is 5.54. The third-order valence-corrected chi connectivity index (χ3v) is 4.52. The van der Waals surface area contributed by atoms with E-state index in [1.807, 2.05) is 48.8 Å². The lowest BCUT2D eigenvalue weighted by Crippen LogP contribution is -1.86. The molecule has 1 aromatic carbocycles. The van der Waals surface area contributed by atoms with Crippen LogP contribution in [0.4, 0.5) is 0 Å². The van der Waals surface area contributed by atoms with E-state index in [1.165, 1.54) is 5.56 Å². The van der Waals surface area contributed by atoms with Gasteiger partial charge in [0, 0.05) is 29.9 Å². The van der Waals surface area contributed by atoms with Crippen LogP contribution in [0.2, 0.25) is 0 Å². The molecule has 0 saturated heterocycles. The zero-order valence-electron chi connectivity index (χ0n) is 12.3. The van der Waals surface area contributed by atoms with E-state index in [9.17, 15) is 0 Å². The maximum absolute atomic E-state index is 4.60. The maximum atomic E-state index is 4.60. The van der Waals surface area contributed by atoms with E-state index in [2.05, 4.69) is 32.1 Å². The van der Waals surface area contributed by atoms with Gasteiger partial charge in [-0.3, -0.25) is 4.98 Å². The lowest BCUT2D eigenvalue weighted by Gasteiger charge is -2.02. The minimum atomic E-state index is 0.850. The lowest BCUT2D eigenvalue weighted by molar-refractivity contribution is 1.12. The Labute approximate surface area is 138 Å². The summed E-state index contributed by atoms with van der Waals surface area (Å²) in [4.78, 5) is 16.6. The first-order valence-corrected chi connectivity index (χ1v) is 8.30. The zero-order chi connectivity index (χ0) is 15.5. The number of para-hydroxylation sites is 2. The van der Waals surface area contributed by atoms with E-state index < -0.39 is 0 Å². The van der Waals surface area contributed by atoms with E-state index in [0.717, 1.165) is 33.2 Å². The van der Waals surface area contributed by atoms with Crippen molar-refractivity contribution in [1.82, 2.24) is 19.9 Å². The lowest BCUT2D eigenvalue weighted by atomic mass is 10.3. The van der Waals surface area contributed by atoms with Gasteiger partial charge in [-0.15, -0.1) is 11.8 Å². The highest BCUT2D eigenvalue weighted by Gasteiger charge is 2.05. The van der Waals surface area contributed by atoms with Crippen molar-refractivity contribution in [1.29, 1.82) is 0 Å². The number of H-pyrrole nitrogens is 1. The first-order valence-electron chi connectivity index (χ1n) is 7.31. The highest BCUT2D eigenvalue weighted by molar-refractivity contribution is 7.98. The van der Waals surface area contributed by atoms with Crippen molar-refractivity contribution in [2.24, 2.45) is 0 Å². The predicted octanol–water partition coefficient (Wildman–Crippen LogP) is 4.31. The summed E-state index contributed by atoms with van der Waals surface area (Å²) in [6, 6.07) is 16.1. The molecule has 4 aromatic rings. The molecule has 0 amide bonds. The highest BCUT2D eigenvalue weighted by atomic mass is 32.2. The fourth-order valence-electron chi connectivity index (χ4n) is 2.34. The molecule has 0 atom stereocenters. The third kappa shape index (κ3) is 3.10. The molecule has 0 bridgehead atoms. The number of nitrogens with zero attached hydrogens (tertiary/aromatic N) is 3. The van der Waals surface area contributed by atoms with Gasteiger partial charge in [-0.25, -0.2) is 9.97 Å². The summed E-state index contributed by atoms with van der Waals surface area (Å²) in [5, 5.41) is 0.994. The number of benzene rings is 1. The molecule has 5 heteroatoms. The van der Waals surface area contributed by atoms with Crippen LogP contribution in [0.25, 0.3) is 22.4 Å². The van der Waals surface area contributed by atoms with Gasteiger partial charge in [-0.05, 0) is 35.9 Å². The number of thioether (sulfide) groups is 1. The second-order valence-corrected chi connectivity index (χ2v) is 6.13. The summed E-state index contributed by atoms with van der Waals surface area (Å²) < 4.78 is 0. The van der Waals surface area contributed by atoms with Gasteiger partial charge < -0.3 is 4.98 Å².